The van der Waals surface area contributed by atoms with Gasteiger partial charge in [0.05, 0.1) is 13.7 Å². The molecule has 0 bridgehead atoms. The maximum atomic E-state index is 12.2. The van der Waals surface area contributed by atoms with Crippen LogP contribution >= 0.6 is 0 Å². The van der Waals surface area contributed by atoms with Crippen LogP contribution in [-0.2, 0) is 13.1 Å². The molecule has 2 aromatic rings. The van der Waals surface area contributed by atoms with Gasteiger partial charge in [0.25, 0.3) is 0 Å². The van der Waals surface area contributed by atoms with Gasteiger partial charge in [-0.25, -0.2) is 4.79 Å². The second-order valence-corrected chi connectivity index (χ2v) is 4.85. The van der Waals surface area contributed by atoms with Crippen molar-refractivity contribution in [3.8, 4) is 5.75 Å². The van der Waals surface area contributed by atoms with E-state index in [1.807, 2.05) is 6.92 Å². The average Bonchev–Trinajstić information content (AvgIpc) is 2.80. The molecule has 0 radical (unpaired) electrons. The number of hydrogen-bond acceptors (Lipinski definition) is 4. The van der Waals surface area contributed by atoms with Crippen molar-refractivity contribution in [3.63, 3.8) is 0 Å². The average molecular weight is 290 g/mol. The standard InChI is InChI=1S/C14H19BN2O4/c1-3-6-16-7-8-17(14(16)18)10-11-9-12(15(19)20)4-5-13(11)21-2/h4-5,7-9,19-20H,3,6,10H2,1-2H3. The van der Waals surface area contributed by atoms with Gasteiger partial charge >= 0.3 is 12.8 Å². The van der Waals surface area contributed by atoms with E-state index >= 15 is 0 Å². The molecule has 6 nitrogen and oxygen atoms in total. The fourth-order valence-electron chi connectivity index (χ4n) is 2.25. The molecule has 0 spiro atoms. The summed E-state index contributed by atoms with van der Waals surface area (Å²) in [7, 11) is -0.00472. The van der Waals surface area contributed by atoms with Gasteiger partial charge in [0.2, 0.25) is 0 Å². The van der Waals surface area contributed by atoms with E-state index in [1.165, 1.54) is 0 Å². The van der Waals surface area contributed by atoms with Crippen molar-refractivity contribution in [2.24, 2.45) is 0 Å². The number of nitrogens with zero attached hydrogens (tertiary/aromatic N) is 2. The quantitative estimate of drug-likeness (QED) is 0.722. The number of imidazole rings is 1. The molecule has 1 heterocycles. The van der Waals surface area contributed by atoms with Crippen LogP contribution in [0.25, 0.3) is 0 Å². The normalized spacial score (nSPS) is 10.7. The van der Waals surface area contributed by atoms with E-state index in [4.69, 9.17) is 4.74 Å². The molecule has 0 saturated heterocycles. The summed E-state index contributed by atoms with van der Waals surface area (Å²) in [5.41, 5.74) is 1.00. The maximum absolute atomic E-state index is 12.2. The highest BCUT2D eigenvalue weighted by Crippen LogP contribution is 2.17. The second kappa shape index (κ2) is 6.65. The number of rotatable bonds is 6. The van der Waals surface area contributed by atoms with Crippen LogP contribution in [0.2, 0.25) is 0 Å². The van der Waals surface area contributed by atoms with Crippen LogP contribution in [-0.4, -0.2) is 33.4 Å². The minimum absolute atomic E-state index is 0.0890. The SMILES string of the molecule is CCCn1ccn(Cc2cc(B(O)O)ccc2OC)c1=O. The summed E-state index contributed by atoms with van der Waals surface area (Å²) in [6, 6.07) is 4.88. The molecule has 112 valence electrons. The van der Waals surface area contributed by atoms with E-state index < -0.39 is 7.12 Å². The second-order valence-electron chi connectivity index (χ2n) is 4.85. The van der Waals surface area contributed by atoms with Crippen molar-refractivity contribution in [3.05, 3.63) is 46.6 Å². The van der Waals surface area contributed by atoms with Gasteiger partial charge in [0, 0.05) is 24.5 Å². The van der Waals surface area contributed by atoms with Gasteiger partial charge in [-0.2, -0.15) is 0 Å². The van der Waals surface area contributed by atoms with Crippen molar-refractivity contribution >= 4 is 12.6 Å². The lowest BCUT2D eigenvalue weighted by molar-refractivity contribution is 0.407. The van der Waals surface area contributed by atoms with Gasteiger partial charge in [-0.1, -0.05) is 19.1 Å². The summed E-state index contributed by atoms with van der Waals surface area (Å²) >= 11 is 0. The summed E-state index contributed by atoms with van der Waals surface area (Å²) in [5, 5.41) is 18.5. The first-order chi connectivity index (χ1) is 10.1. The van der Waals surface area contributed by atoms with Crippen LogP contribution in [0.1, 0.15) is 18.9 Å². The minimum Gasteiger partial charge on any atom is -0.496 e. The minimum atomic E-state index is -1.55. The molecule has 2 rings (SSSR count). The van der Waals surface area contributed by atoms with Gasteiger partial charge in [0.15, 0.2) is 0 Å². The zero-order valence-electron chi connectivity index (χ0n) is 12.2. The van der Waals surface area contributed by atoms with Crippen molar-refractivity contribution in [2.75, 3.05) is 7.11 Å². The highest BCUT2D eigenvalue weighted by Gasteiger charge is 2.15. The third-order valence-electron chi connectivity index (χ3n) is 3.33. The predicted molar refractivity (Wildman–Crippen MR) is 80.9 cm³/mol. The van der Waals surface area contributed by atoms with Crippen molar-refractivity contribution in [1.82, 2.24) is 9.13 Å². The van der Waals surface area contributed by atoms with Gasteiger partial charge in [-0.3, -0.25) is 9.13 Å². The number of aryl methyl sites for hydroxylation is 1. The number of benzene rings is 1. The number of ether oxygens (including phenoxy) is 1. The summed E-state index contributed by atoms with van der Waals surface area (Å²) < 4.78 is 8.48. The molecule has 21 heavy (non-hydrogen) atoms. The Morgan fingerprint density at radius 2 is 1.95 bits per heavy atom. The molecule has 7 heteroatoms. The Hall–Kier alpha value is -1.99. The Morgan fingerprint density at radius 3 is 2.57 bits per heavy atom. The Balaban J connectivity index is 2.34. The fraction of sp³-hybridized carbons (Fsp3) is 0.357. The number of methoxy groups -OCH3 is 1. The summed E-state index contributed by atoms with van der Waals surface area (Å²) in [6.07, 6.45) is 4.36. The smallest absolute Gasteiger partial charge is 0.488 e. The Labute approximate surface area is 123 Å². The van der Waals surface area contributed by atoms with Crippen molar-refractivity contribution in [1.29, 1.82) is 0 Å². The van der Waals surface area contributed by atoms with E-state index in [9.17, 15) is 14.8 Å². The van der Waals surface area contributed by atoms with Crippen LogP contribution in [0.3, 0.4) is 0 Å². The predicted octanol–water partition coefficient (Wildman–Crippen LogP) is -0.204. The molecular formula is C14H19BN2O4. The van der Waals surface area contributed by atoms with E-state index in [1.54, 1.807) is 46.8 Å². The molecule has 0 aliphatic rings. The third-order valence-corrected chi connectivity index (χ3v) is 3.33. The lowest BCUT2D eigenvalue weighted by Gasteiger charge is -2.11. The molecule has 1 aromatic carbocycles. The lowest BCUT2D eigenvalue weighted by atomic mass is 9.79. The lowest BCUT2D eigenvalue weighted by Crippen LogP contribution is -2.30. The van der Waals surface area contributed by atoms with Gasteiger partial charge in [-0.15, -0.1) is 0 Å². The molecule has 0 atom stereocenters. The summed E-state index contributed by atoms with van der Waals surface area (Å²) in [5.74, 6) is 0.606. The molecule has 0 aliphatic heterocycles. The van der Waals surface area contributed by atoms with Crippen LogP contribution in [0.4, 0.5) is 0 Å². The largest absolute Gasteiger partial charge is 0.496 e. The van der Waals surface area contributed by atoms with Gasteiger partial charge in [0.1, 0.15) is 5.75 Å². The molecule has 2 N–H and O–H groups in total. The van der Waals surface area contributed by atoms with Crippen molar-refractivity contribution < 1.29 is 14.8 Å². The zero-order chi connectivity index (χ0) is 15.4. The summed E-state index contributed by atoms with van der Waals surface area (Å²) in [4.78, 5) is 12.2. The van der Waals surface area contributed by atoms with E-state index in [0.717, 1.165) is 12.0 Å². The Morgan fingerprint density at radius 1 is 1.24 bits per heavy atom. The van der Waals surface area contributed by atoms with Crippen LogP contribution < -0.4 is 15.9 Å². The summed E-state index contributed by atoms with van der Waals surface area (Å²) in [6.45, 7) is 3.01. The van der Waals surface area contributed by atoms with E-state index in [0.29, 0.717) is 24.3 Å². The topological polar surface area (TPSA) is 76.6 Å². The maximum Gasteiger partial charge on any atom is 0.488 e. The molecule has 0 amide bonds. The third kappa shape index (κ3) is 3.37. The monoisotopic (exact) mass is 290 g/mol. The zero-order valence-corrected chi connectivity index (χ0v) is 12.2. The Kier molecular flexibility index (Phi) is 4.87. The number of hydrogen-bond donors (Lipinski definition) is 2. The van der Waals surface area contributed by atoms with E-state index in [-0.39, 0.29) is 5.69 Å². The van der Waals surface area contributed by atoms with E-state index in [2.05, 4.69) is 0 Å². The highest BCUT2D eigenvalue weighted by atomic mass is 16.5. The highest BCUT2D eigenvalue weighted by molar-refractivity contribution is 6.58. The van der Waals surface area contributed by atoms with Gasteiger partial charge < -0.3 is 14.8 Å². The number of aromatic nitrogens is 2. The Bertz CT molecular complexity index is 663. The van der Waals surface area contributed by atoms with Crippen LogP contribution in [0.15, 0.2) is 35.4 Å². The van der Waals surface area contributed by atoms with Crippen LogP contribution in [0, 0.1) is 0 Å². The van der Waals surface area contributed by atoms with Gasteiger partial charge in [-0.05, 0) is 17.9 Å². The van der Waals surface area contributed by atoms with Crippen molar-refractivity contribution in [2.45, 2.75) is 26.4 Å². The van der Waals surface area contributed by atoms with Crippen LogP contribution in [0.5, 0.6) is 5.75 Å². The molecule has 0 unspecified atom stereocenters. The molecule has 1 aromatic heterocycles. The molecule has 0 fully saturated rings. The first-order valence-electron chi connectivity index (χ1n) is 6.85. The molecular weight excluding hydrogens is 271 g/mol. The first kappa shape index (κ1) is 15.4. The molecule has 0 saturated carbocycles. The molecule has 0 aliphatic carbocycles. The first-order valence-corrected chi connectivity index (χ1v) is 6.85. The fourth-order valence-corrected chi connectivity index (χ4v) is 2.25.